The maximum absolute atomic E-state index is 12.4. The third-order valence-electron chi connectivity index (χ3n) is 4.65. The van der Waals surface area contributed by atoms with Gasteiger partial charge in [-0.1, -0.05) is 12.1 Å². The summed E-state index contributed by atoms with van der Waals surface area (Å²) in [6.45, 7) is 0.837. The molecule has 1 fully saturated rings. The second kappa shape index (κ2) is 9.50. The lowest BCUT2D eigenvalue weighted by Crippen LogP contribution is -2.32. The van der Waals surface area contributed by atoms with E-state index in [1.54, 1.807) is 12.1 Å². The number of hydrogen-bond donors (Lipinski definition) is 1. The van der Waals surface area contributed by atoms with Gasteiger partial charge in [0.1, 0.15) is 11.5 Å². The minimum absolute atomic E-state index is 0.0584. The Bertz CT molecular complexity index is 766. The molecule has 1 aliphatic rings. The summed E-state index contributed by atoms with van der Waals surface area (Å²) in [5.41, 5.74) is 1.71. The molecule has 0 spiro atoms. The summed E-state index contributed by atoms with van der Waals surface area (Å²) < 4.78 is 34.2. The molecule has 5 nitrogen and oxygen atoms in total. The normalized spacial score (nSPS) is 16.9. The van der Waals surface area contributed by atoms with E-state index in [0.717, 1.165) is 25.1 Å². The molecule has 2 aromatic rings. The van der Waals surface area contributed by atoms with Crippen LogP contribution < -0.4 is 14.8 Å². The van der Waals surface area contributed by atoms with Gasteiger partial charge >= 0.3 is 6.61 Å². The van der Waals surface area contributed by atoms with E-state index in [1.807, 2.05) is 31.2 Å². The van der Waals surface area contributed by atoms with Crippen molar-refractivity contribution in [2.45, 2.75) is 32.4 Å². The van der Waals surface area contributed by atoms with Crippen molar-refractivity contribution < 1.29 is 23.0 Å². The summed E-state index contributed by atoms with van der Waals surface area (Å²) in [4.78, 5) is 14.6. The molecule has 3 rings (SSSR count). The fraction of sp³-hybridized carbons (Fsp3) is 0.381. The Balaban J connectivity index is 1.56. The number of benzene rings is 2. The molecule has 150 valence electrons. The molecule has 1 N–H and O–H groups in total. The van der Waals surface area contributed by atoms with Gasteiger partial charge in [-0.25, -0.2) is 0 Å². The number of rotatable bonds is 8. The molecule has 1 atom stereocenters. The lowest BCUT2D eigenvalue weighted by Gasteiger charge is -2.24. The van der Waals surface area contributed by atoms with Crippen molar-refractivity contribution in [1.82, 2.24) is 4.90 Å². The fourth-order valence-corrected chi connectivity index (χ4v) is 3.45. The number of nitrogens with one attached hydrogen (secondary N) is 1. The number of hydrogen-bond acceptors (Lipinski definition) is 4. The number of anilines is 1. The number of nitrogens with zero attached hydrogens (tertiary/aromatic N) is 1. The molecule has 0 radical (unpaired) electrons. The van der Waals surface area contributed by atoms with Crippen molar-refractivity contribution in [3.63, 3.8) is 0 Å². The predicted molar refractivity (Wildman–Crippen MR) is 103 cm³/mol. The molecule has 1 unspecified atom stereocenters. The number of amides is 1. The van der Waals surface area contributed by atoms with E-state index in [9.17, 15) is 13.6 Å². The Labute approximate surface area is 163 Å². The van der Waals surface area contributed by atoms with Crippen molar-refractivity contribution in [2.24, 2.45) is 0 Å². The Morgan fingerprint density at radius 1 is 1.14 bits per heavy atom. The SMILES string of the molecule is CCOc1ccc(C2CCCN2CC(=O)Nc2ccc(OC(F)F)cc2)cc1. The zero-order chi connectivity index (χ0) is 19.9. The van der Waals surface area contributed by atoms with Crippen molar-refractivity contribution in [3.05, 3.63) is 54.1 Å². The highest BCUT2D eigenvalue weighted by molar-refractivity contribution is 5.92. The highest BCUT2D eigenvalue weighted by atomic mass is 19.3. The third kappa shape index (κ3) is 5.42. The van der Waals surface area contributed by atoms with Crippen molar-refractivity contribution >= 4 is 11.6 Å². The minimum atomic E-state index is -2.87. The van der Waals surface area contributed by atoms with Gasteiger partial charge in [-0.3, -0.25) is 9.69 Å². The number of carbonyl (C=O) groups excluding carboxylic acids is 1. The lowest BCUT2D eigenvalue weighted by molar-refractivity contribution is -0.117. The van der Waals surface area contributed by atoms with Gasteiger partial charge in [-0.2, -0.15) is 8.78 Å². The first-order valence-electron chi connectivity index (χ1n) is 9.36. The van der Waals surface area contributed by atoms with Crippen LogP contribution in [0.15, 0.2) is 48.5 Å². The molecule has 28 heavy (non-hydrogen) atoms. The van der Waals surface area contributed by atoms with E-state index in [2.05, 4.69) is 15.0 Å². The highest BCUT2D eigenvalue weighted by Gasteiger charge is 2.27. The summed E-state index contributed by atoms with van der Waals surface area (Å²) in [6, 6.07) is 14.1. The fourth-order valence-electron chi connectivity index (χ4n) is 3.45. The van der Waals surface area contributed by atoms with Crippen LogP contribution in [0.4, 0.5) is 14.5 Å². The first-order valence-corrected chi connectivity index (χ1v) is 9.36. The minimum Gasteiger partial charge on any atom is -0.494 e. The van der Waals surface area contributed by atoms with Crippen LogP contribution in [-0.4, -0.2) is 37.1 Å². The van der Waals surface area contributed by atoms with E-state index in [1.165, 1.54) is 17.7 Å². The standard InChI is InChI=1S/C21H24F2N2O3/c1-2-27-17-9-5-15(6-10-17)19-4-3-13-25(19)14-20(26)24-16-7-11-18(12-8-16)28-21(22)23/h5-12,19,21H,2-4,13-14H2,1H3,(H,24,26). The van der Waals surface area contributed by atoms with Crippen LogP contribution >= 0.6 is 0 Å². The van der Waals surface area contributed by atoms with Gasteiger partial charge in [0, 0.05) is 11.7 Å². The van der Waals surface area contributed by atoms with Gasteiger partial charge < -0.3 is 14.8 Å². The summed E-state index contributed by atoms with van der Waals surface area (Å²) in [5.74, 6) is 0.760. The number of ether oxygens (including phenoxy) is 2. The van der Waals surface area contributed by atoms with Gasteiger partial charge in [-0.05, 0) is 68.3 Å². The third-order valence-corrected chi connectivity index (χ3v) is 4.65. The average molecular weight is 390 g/mol. The maximum atomic E-state index is 12.4. The van der Waals surface area contributed by atoms with Crippen molar-refractivity contribution in [2.75, 3.05) is 25.0 Å². The molecular weight excluding hydrogens is 366 g/mol. The Morgan fingerprint density at radius 2 is 1.82 bits per heavy atom. The first-order chi connectivity index (χ1) is 13.5. The van der Waals surface area contributed by atoms with Crippen LogP contribution in [0.25, 0.3) is 0 Å². The average Bonchev–Trinajstić information content (AvgIpc) is 3.12. The highest BCUT2D eigenvalue weighted by Crippen LogP contribution is 2.32. The lowest BCUT2D eigenvalue weighted by atomic mass is 10.0. The van der Waals surface area contributed by atoms with Crippen LogP contribution in [-0.2, 0) is 4.79 Å². The van der Waals surface area contributed by atoms with E-state index in [-0.39, 0.29) is 24.2 Å². The molecule has 0 aliphatic carbocycles. The Hall–Kier alpha value is -2.67. The molecule has 0 bridgehead atoms. The zero-order valence-electron chi connectivity index (χ0n) is 15.7. The van der Waals surface area contributed by atoms with Gasteiger partial charge in [0.25, 0.3) is 0 Å². The molecule has 2 aromatic carbocycles. The van der Waals surface area contributed by atoms with E-state index in [0.29, 0.717) is 12.3 Å². The predicted octanol–water partition coefficient (Wildman–Crippen LogP) is 4.46. The summed E-state index contributed by atoms with van der Waals surface area (Å²) >= 11 is 0. The summed E-state index contributed by atoms with van der Waals surface area (Å²) in [6.07, 6.45) is 2.03. The number of carbonyl (C=O) groups is 1. The van der Waals surface area contributed by atoms with E-state index < -0.39 is 6.61 Å². The summed E-state index contributed by atoms with van der Waals surface area (Å²) in [7, 11) is 0. The molecule has 1 heterocycles. The van der Waals surface area contributed by atoms with E-state index in [4.69, 9.17) is 4.74 Å². The molecule has 1 aliphatic heterocycles. The van der Waals surface area contributed by atoms with Crippen LogP contribution in [0.2, 0.25) is 0 Å². The van der Waals surface area contributed by atoms with Gasteiger partial charge in [0.2, 0.25) is 5.91 Å². The molecule has 0 aromatic heterocycles. The van der Waals surface area contributed by atoms with Crippen molar-refractivity contribution in [1.29, 1.82) is 0 Å². The molecule has 0 saturated carbocycles. The topological polar surface area (TPSA) is 50.8 Å². The molecule has 1 saturated heterocycles. The second-order valence-corrected chi connectivity index (χ2v) is 6.58. The second-order valence-electron chi connectivity index (χ2n) is 6.58. The van der Waals surface area contributed by atoms with Gasteiger partial charge in [0.05, 0.1) is 13.2 Å². The van der Waals surface area contributed by atoms with Crippen LogP contribution in [0.1, 0.15) is 31.4 Å². The number of alkyl halides is 2. The Kier molecular flexibility index (Phi) is 6.81. The molecule has 1 amide bonds. The largest absolute Gasteiger partial charge is 0.494 e. The first kappa shape index (κ1) is 20.1. The number of halogens is 2. The monoisotopic (exact) mass is 390 g/mol. The maximum Gasteiger partial charge on any atom is 0.387 e. The summed E-state index contributed by atoms with van der Waals surface area (Å²) in [5, 5.41) is 2.80. The van der Waals surface area contributed by atoms with Crippen LogP contribution in [0, 0.1) is 0 Å². The zero-order valence-corrected chi connectivity index (χ0v) is 15.7. The van der Waals surface area contributed by atoms with E-state index >= 15 is 0 Å². The van der Waals surface area contributed by atoms with Crippen LogP contribution in [0.5, 0.6) is 11.5 Å². The smallest absolute Gasteiger partial charge is 0.387 e. The van der Waals surface area contributed by atoms with Gasteiger partial charge in [-0.15, -0.1) is 0 Å². The molecular formula is C21H24F2N2O3. The number of likely N-dealkylation sites (tertiary alicyclic amines) is 1. The van der Waals surface area contributed by atoms with Crippen LogP contribution in [0.3, 0.4) is 0 Å². The Morgan fingerprint density at radius 3 is 2.46 bits per heavy atom. The quantitative estimate of drug-likeness (QED) is 0.723. The molecule has 7 heteroatoms. The van der Waals surface area contributed by atoms with Gasteiger partial charge in [0.15, 0.2) is 0 Å². The van der Waals surface area contributed by atoms with Crippen molar-refractivity contribution in [3.8, 4) is 11.5 Å².